The zero-order valence-corrected chi connectivity index (χ0v) is 21.9. The average Bonchev–Trinajstić information content (AvgIpc) is 3.20. The summed E-state index contributed by atoms with van der Waals surface area (Å²) in [6.07, 6.45) is -4.00. The largest absolute Gasteiger partial charge is 0.437 e. The SMILES string of the molecule is Cc1c(/C(=N/OC(=O)c2ccc(Cl)cc2)C(F)(F)F)cc(-c2ccc(S(C)(=O)=O)cc2)n1-c1ccc(F)cc1. The summed E-state index contributed by atoms with van der Waals surface area (Å²) >= 11 is 5.78. The predicted octanol–water partition coefficient (Wildman–Crippen LogP) is 6.77. The third kappa shape index (κ3) is 6.21. The third-order valence-corrected chi connectivity index (χ3v) is 7.11. The van der Waals surface area contributed by atoms with E-state index >= 15 is 0 Å². The Morgan fingerprint density at radius 1 is 0.949 bits per heavy atom. The number of carbonyl (C=O) groups is 1. The normalized spacial score (nSPS) is 12.4. The van der Waals surface area contributed by atoms with Crippen LogP contribution in [0.15, 0.2) is 88.9 Å². The molecular formula is C27H19ClF4N2O4S. The molecule has 0 fully saturated rings. The maximum atomic E-state index is 14.2. The van der Waals surface area contributed by atoms with Gasteiger partial charge in [0.25, 0.3) is 0 Å². The van der Waals surface area contributed by atoms with E-state index in [1.807, 2.05) is 0 Å². The molecule has 4 rings (SSSR count). The fraction of sp³-hybridized carbons (Fsp3) is 0.111. The standard InChI is InChI=1S/C27H19ClF4N2O4S/c1-16-23(25(27(30,31)32)33-38-26(35)18-3-7-19(28)8-4-18)15-24(34(16)21-11-9-20(29)10-12-21)17-5-13-22(14-6-17)39(2,36)37/h3-15H,1-2H3/b33-25-. The van der Waals surface area contributed by atoms with Gasteiger partial charge in [-0.1, -0.05) is 28.9 Å². The quantitative estimate of drug-likeness (QED) is 0.109. The van der Waals surface area contributed by atoms with Crippen molar-refractivity contribution in [3.05, 3.63) is 107 Å². The van der Waals surface area contributed by atoms with E-state index in [2.05, 4.69) is 9.99 Å². The van der Waals surface area contributed by atoms with Crippen LogP contribution in [-0.4, -0.2) is 37.1 Å². The molecule has 0 bridgehead atoms. The van der Waals surface area contributed by atoms with Gasteiger partial charge in [0, 0.05) is 28.2 Å². The van der Waals surface area contributed by atoms with Crippen molar-refractivity contribution in [2.45, 2.75) is 18.0 Å². The number of nitrogens with zero attached hydrogens (tertiary/aromatic N) is 2. The molecule has 0 spiro atoms. The molecule has 0 N–H and O–H groups in total. The first-order chi connectivity index (χ1) is 18.3. The molecular weight excluding hydrogens is 560 g/mol. The van der Waals surface area contributed by atoms with Crippen molar-refractivity contribution in [1.29, 1.82) is 0 Å². The van der Waals surface area contributed by atoms with E-state index in [0.29, 0.717) is 16.3 Å². The van der Waals surface area contributed by atoms with Crippen molar-refractivity contribution in [3.63, 3.8) is 0 Å². The third-order valence-electron chi connectivity index (χ3n) is 5.73. The Hall–Kier alpha value is -3.96. The second kappa shape index (κ2) is 10.7. The molecule has 1 heterocycles. The Balaban J connectivity index is 1.86. The molecule has 1 aromatic heterocycles. The van der Waals surface area contributed by atoms with E-state index in [9.17, 15) is 30.8 Å². The number of aromatic nitrogens is 1. The summed E-state index contributed by atoms with van der Waals surface area (Å²) in [5.74, 6) is -1.67. The number of benzene rings is 3. The second-order valence-corrected chi connectivity index (χ2v) is 10.9. The molecule has 0 saturated heterocycles. The predicted molar refractivity (Wildman–Crippen MR) is 138 cm³/mol. The fourth-order valence-electron chi connectivity index (χ4n) is 3.83. The zero-order chi connectivity index (χ0) is 28.5. The first kappa shape index (κ1) is 28.1. The molecule has 0 atom stereocenters. The van der Waals surface area contributed by atoms with Crippen molar-refractivity contribution in [3.8, 4) is 16.9 Å². The van der Waals surface area contributed by atoms with Crippen LogP contribution < -0.4 is 0 Å². The molecule has 202 valence electrons. The van der Waals surface area contributed by atoms with E-state index in [1.54, 1.807) is 0 Å². The lowest BCUT2D eigenvalue weighted by atomic mass is 10.1. The van der Waals surface area contributed by atoms with Crippen LogP contribution in [0, 0.1) is 12.7 Å². The summed E-state index contributed by atoms with van der Waals surface area (Å²) in [6.45, 7) is 1.40. The van der Waals surface area contributed by atoms with Crippen LogP contribution in [0.3, 0.4) is 0 Å². The number of alkyl halides is 3. The molecule has 0 unspecified atom stereocenters. The maximum absolute atomic E-state index is 14.2. The van der Waals surface area contributed by atoms with Gasteiger partial charge in [-0.15, -0.1) is 0 Å². The van der Waals surface area contributed by atoms with E-state index in [-0.39, 0.29) is 21.8 Å². The second-order valence-electron chi connectivity index (χ2n) is 8.46. The summed E-state index contributed by atoms with van der Waals surface area (Å²) in [5.41, 5.74) is -0.938. The first-order valence-corrected chi connectivity index (χ1v) is 13.4. The number of hydrogen-bond donors (Lipinski definition) is 0. The maximum Gasteiger partial charge on any atom is 0.437 e. The molecule has 0 aliphatic rings. The van der Waals surface area contributed by atoms with Gasteiger partial charge in [-0.3, -0.25) is 0 Å². The van der Waals surface area contributed by atoms with Crippen molar-refractivity contribution in [2.75, 3.05) is 6.26 Å². The van der Waals surface area contributed by atoms with Gasteiger partial charge < -0.3 is 9.40 Å². The molecule has 12 heteroatoms. The Labute approximate surface area is 226 Å². The van der Waals surface area contributed by atoms with E-state index in [1.165, 1.54) is 78.2 Å². The minimum Gasteiger partial charge on any atom is -0.313 e. The fourth-order valence-corrected chi connectivity index (χ4v) is 4.59. The molecule has 0 aliphatic carbocycles. The Kier molecular flexibility index (Phi) is 7.67. The summed E-state index contributed by atoms with van der Waals surface area (Å²) in [5, 5.41) is 3.50. The number of halogens is 5. The molecule has 0 amide bonds. The van der Waals surface area contributed by atoms with Gasteiger partial charge in [0.05, 0.1) is 16.2 Å². The Morgan fingerprint density at radius 3 is 2.08 bits per heavy atom. The molecule has 3 aromatic carbocycles. The van der Waals surface area contributed by atoms with Crippen LogP contribution in [0.4, 0.5) is 17.6 Å². The van der Waals surface area contributed by atoms with Crippen LogP contribution in [0.2, 0.25) is 5.02 Å². The van der Waals surface area contributed by atoms with Crippen LogP contribution in [0.1, 0.15) is 21.6 Å². The Bertz CT molecular complexity index is 1660. The highest BCUT2D eigenvalue weighted by atomic mass is 35.5. The van der Waals surface area contributed by atoms with E-state index in [0.717, 1.165) is 18.4 Å². The smallest absolute Gasteiger partial charge is 0.313 e. The summed E-state index contributed by atoms with van der Waals surface area (Å²) in [6, 6.07) is 17.1. The summed E-state index contributed by atoms with van der Waals surface area (Å²) in [7, 11) is -3.52. The number of hydrogen-bond acceptors (Lipinski definition) is 5. The lowest BCUT2D eigenvalue weighted by Gasteiger charge is -2.14. The molecule has 39 heavy (non-hydrogen) atoms. The lowest BCUT2D eigenvalue weighted by molar-refractivity contribution is -0.0605. The highest BCUT2D eigenvalue weighted by Gasteiger charge is 2.40. The molecule has 0 saturated carbocycles. The van der Waals surface area contributed by atoms with Gasteiger partial charge in [0.15, 0.2) is 15.5 Å². The van der Waals surface area contributed by atoms with Gasteiger partial charge in [0.1, 0.15) is 5.82 Å². The first-order valence-electron chi connectivity index (χ1n) is 11.2. The minimum atomic E-state index is -5.03. The monoisotopic (exact) mass is 578 g/mol. The Morgan fingerprint density at radius 2 is 1.54 bits per heavy atom. The van der Waals surface area contributed by atoms with Gasteiger partial charge in [-0.25, -0.2) is 17.6 Å². The molecule has 6 nitrogen and oxygen atoms in total. The number of rotatable bonds is 6. The van der Waals surface area contributed by atoms with E-state index < -0.39 is 39.1 Å². The van der Waals surface area contributed by atoms with Crippen LogP contribution in [-0.2, 0) is 14.7 Å². The van der Waals surface area contributed by atoms with Gasteiger partial charge in [-0.2, -0.15) is 13.2 Å². The number of sulfone groups is 1. The summed E-state index contributed by atoms with van der Waals surface area (Å²) < 4.78 is 81.4. The highest BCUT2D eigenvalue weighted by molar-refractivity contribution is 7.90. The number of oxime groups is 1. The van der Waals surface area contributed by atoms with Gasteiger partial charge in [-0.05, 0) is 79.2 Å². The van der Waals surface area contributed by atoms with Crippen molar-refractivity contribution in [1.82, 2.24) is 4.57 Å². The topological polar surface area (TPSA) is 77.7 Å². The summed E-state index contributed by atoms with van der Waals surface area (Å²) in [4.78, 5) is 17.0. The number of carbonyl (C=O) groups excluding carboxylic acids is 1. The highest BCUT2D eigenvalue weighted by Crippen LogP contribution is 2.34. The van der Waals surface area contributed by atoms with Gasteiger partial charge in [0.2, 0.25) is 0 Å². The van der Waals surface area contributed by atoms with Crippen LogP contribution in [0.25, 0.3) is 16.9 Å². The van der Waals surface area contributed by atoms with Crippen molar-refractivity contribution >= 4 is 33.1 Å². The minimum absolute atomic E-state index is 0.0229. The van der Waals surface area contributed by atoms with Crippen LogP contribution >= 0.6 is 11.6 Å². The lowest BCUT2D eigenvalue weighted by Crippen LogP contribution is -2.25. The van der Waals surface area contributed by atoms with Crippen molar-refractivity contribution < 1.29 is 35.6 Å². The van der Waals surface area contributed by atoms with Crippen molar-refractivity contribution in [2.24, 2.45) is 5.16 Å². The molecule has 4 aromatic rings. The van der Waals surface area contributed by atoms with E-state index in [4.69, 9.17) is 11.6 Å². The van der Waals surface area contributed by atoms with Gasteiger partial charge >= 0.3 is 12.1 Å². The van der Waals surface area contributed by atoms with Crippen LogP contribution in [0.5, 0.6) is 0 Å². The average molecular weight is 579 g/mol. The zero-order valence-electron chi connectivity index (χ0n) is 20.3. The molecule has 0 radical (unpaired) electrons. The molecule has 0 aliphatic heterocycles.